The molecule has 3 rings (SSSR count). The van der Waals surface area contributed by atoms with Crippen LogP contribution in [0.1, 0.15) is 15.6 Å². The van der Waals surface area contributed by atoms with Gasteiger partial charge in [0, 0.05) is 23.1 Å². The van der Waals surface area contributed by atoms with E-state index in [1.807, 2.05) is 30.3 Å². The fourth-order valence-electron chi connectivity index (χ4n) is 1.88. The first-order valence-electron chi connectivity index (χ1n) is 7.17. The average molecular weight is 376 g/mol. The molecule has 2 aromatic heterocycles. The molecule has 128 valence electrons. The maximum atomic E-state index is 12.0. The number of hydrogen-bond donors (Lipinski definition) is 1. The zero-order valence-electron chi connectivity index (χ0n) is 12.7. The summed E-state index contributed by atoms with van der Waals surface area (Å²) in [5.74, 6) is 0.652. The first-order valence-corrected chi connectivity index (χ1v) is 8.98. The monoisotopic (exact) mass is 376 g/mol. The molecular weight excluding hydrogens is 364 g/mol. The first-order chi connectivity index (χ1) is 12.1. The number of thioether (sulfide) groups is 1. The van der Waals surface area contributed by atoms with E-state index in [-0.39, 0.29) is 15.9 Å². The van der Waals surface area contributed by atoms with Crippen LogP contribution >= 0.6 is 23.1 Å². The fraction of sp³-hybridized carbons (Fsp3) is 0.133. The molecule has 8 nitrogen and oxygen atoms in total. The van der Waals surface area contributed by atoms with Gasteiger partial charge in [0.05, 0.1) is 9.80 Å². The molecule has 3 aromatic rings. The summed E-state index contributed by atoms with van der Waals surface area (Å²) in [5.41, 5.74) is 0. The van der Waals surface area contributed by atoms with Crippen LogP contribution in [0.2, 0.25) is 0 Å². The second-order valence-electron chi connectivity index (χ2n) is 4.76. The largest absolute Gasteiger partial charge is 0.408 e. The van der Waals surface area contributed by atoms with Gasteiger partial charge >= 0.3 is 11.0 Å². The Labute approximate surface area is 150 Å². The molecular formula is C15H12N4O4S2. The van der Waals surface area contributed by atoms with Crippen molar-refractivity contribution in [3.05, 3.63) is 63.3 Å². The standard InChI is InChI=1S/C15H12N4O4S2/c20-14(11-6-7-13(25-11)19(21)22)16-15-18-17-12(23-15)8-9-24-10-4-2-1-3-5-10/h1-7H,8-9H2,(H,16,18,20). The lowest BCUT2D eigenvalue weighted by molar-refractivity contribution is -0.380. The van der Waals surface area contributed by atoms with E-state index >= 15 is 0 Å². The molecule has 0 saturated heterocycles. The van der Waals surface area contributed by atoms with Gasteiger partial charge < -0.3 is 4.42 Å². The minimum atomic E-state index is -0.545. The van der Waals surface area contributed by atoms with Crippen LogP contribution in [0.15, 0.2) is 51.8 Å². The summed E-state index contributed by atoms with van der Waals surface area (Å²) in [4.78, 5) is 23.4. The zero-order chi connectivity index (χ0) is 17.6. The molecule has 0 fully saturated rings. The van der Waals surface area contributed by atoms with Crippen LogP contribution in [0, 0.1) is 10.1 Å². The van der Waals surface area contributed by atoms with Crippen LogP contribution in [0.25, 0.3) is 0 Å². The van der Waals surface area contributed by atoms with Crippen LogP contribution in [-0.2, 0) is 6.42 Å². The Morgan fingerprint density at radius 1 is 1.24 bits per heavy atom. The molecule has 1 amide bonds. The van der Waals surface area contributed by atoms with E-state index in [0.29, 0.717) is 12.3 Å². The Morgan fingerprint density at radius 2 is 2.04 bits per heavy atom. The van der Waals surface area contributed by atoms with Crippen molar-refractivity contribution in [2.24, 2.45) is 0 Å². The lowest BCUT2D eigenvalue weighted by Crippen LogP contribution is -2.10. The quantitative estimate of drug-likeness (QED) is 0.381. The van der Waals surface area contributed by atoms with E-state index in [4.69, 9.17) is 4.42 Å². The third-order valence-electron chi connectivity index (χ3n) is 3.01. The van der Waals surface area contributed by atoms with Crippen molar-refractivity contribution < 1.29 is 14.1 Å². The summed E-state index contributed by atoms with van der Waals surface area (Å²) < 4.78 is 5.37. The summed E-state index contributed by atoms with van der Waals surface area (Å²) in [6.45, 7) is 0. The molecule has 0 saturated carbocycles. The highest BCUT2D eigenvalue weighted by Crippen LogP contribution is 2.24. The fourth-order valence-corrected chi connectivity index (χ4v) is 3.46. The van der Waals surface area contributed by atoms with Gasteiger partial charge in [0.1, 0.15) is 0 Å². The number of aryl methyl sites for hydroxylation is 1. The number of nitro groups is 1. The SMILES string of the molecule is O=C(Nc1nnc(CCSc2ccccc2)o1)c1ccc([N+](=O)[O-])s1. The van der Waals surface area contributed by atoms with Crippen LogP contribution < -0.4 is 5.32 Å². The van der Waals surface area contributed by atoms with Crippen molar-refractivity contribution in [3.63, 3.8) is 0 Å². The maximum Gasteiger partial charge on any atom is 0.324 e. The van der Waals surface area contributed by atoms with Crippen LogP contribution in [0.4, 0.5) is 11.0 Å². The molecule has 0 bridgehead atoms. The highest BCUT2D eigenvalue weighted by Gasteiger charge is 2.17. The zero-order valence-corrected chi connectivity index (χ0v) is 14.4. The van der Waals surface area contributed by atoms with Gasteiger partial charge in [-0.05, 0) is 18.2 Å². The minimum absolute atomic E-state index is 0.0271. The van der Waals surface area contributed by atoms with E-state index in [9.17, 15) is 14.9 Å². The van der Waals surface area contributed by atoms with Crippen molar-refractivity contribution in [1.29, 1.82) is 0 Å². The van der Waals surface area contributed by atoms with Gasteiger partial charge in [0.25, 0.3) is 5.91 Å². The highest BCUT2D eigenvalue weighted by molar-refractivity contribution is 7.99. The number of aromatic nitrogens is 2. The highest BCUT2D eigenvalue weighted by atomic mass is 32.2. The Kier molecular flexibility index (Phi) is 5.41. The summed E-state index contributed by atoms with van der Waals surface area (Å²) in [7, 11) is 0. The minimum Gasteiger partial charge on any atom is -0.408 e. The average Bonchev–Trinajstić information content (AvgIpc) is 3.25. The van der Waals surface area contributed by atoms with E-state index in [1.165, 1.54) is 12.1 Å². The van der Waals surface area contributed by atoms with Gasteiger partial charge in [-0.15, -0.1) is 16.9 Å². The molecule has 1 N–H and O–H groups in total. The number of thiophene rings is 1. The third kappa shape index (κ3) is 4.64. The summed E-state index contributed by atoms with van der Waals surface area (Å²) in [6.07, 6.45) is 0.562. The normalized spacial score (nSPS) is 10.6. The van der Waals surface area contributed by atoms with Crippen LogP contribution in [0.3, 0.4) is 0 Å². The summed E-state index contributed by atoms with van der Waals surface area (Å²) in [6, 6.07) is 12.6. The van der Waals surface area contributed by atoms with Gasteiger partial charge in [-0.25, -0.2) is 0 Å². The second kappa shape index (κ2) is 7.90. The number of benzene rings is 1. The molecule has 0 spiro atoms. The van der Waals surface area contributed by atoms with E-state index in [1.54, 1.807) is 11.8 Å². The molecule has 0 radical (unpaired) electrons. The molecule has 0 aliphatic carbocycles. The van der Waals surface area contributed by atoms with Gasteiger partial charge in [-0.3, -0.25) is 20.2 Å². The topological polar surface area (TPSA) is 111 Å². The Hall–Kier alpha value is -2.72. The summed E-state index contributed by atoms with van der Waals surface area (Å²) >= 11 is 2.45. The number of amides is 1. The maximum absolute atomic E-state index is 12.0. The Morgan fingerprint density at radius 3 is 2.76 bits per heavy atom. The van der Waals surface area contributed by atoms with Crippen molar-refractivity contribution in [1.82, 2.24) is 10.2 Å². The number of anilines is 1. The van der Waals surface area contributed by atoms with Crippen LogP contribution in [0.5, 0.6) is 0 Å². The van der Waals surface area contributed by atoms with Gasteiger partial charge in [0.2, 0.25) is 5.89 Å². The number of carbonyl (C=O) groups is 1. The third-order valence-corrected chi connectivity index (χ3v) is 5.06. The Bertz CT molecular complexity index is 879. The number of carbonyl (C=O) groups excluding carboxylic acids is 1. The number of hydrogen-bond acceptors (Lipinski definition) is 8. The molecule has 0 aliphatic heterocycles. The van der Waals surface area contributed by atoms with Crippen molar-refractivity contribution in [2.75, 3.05) is 11.1 Å². The molecule has 0 atom stereocenters. The lowest BCUT2D eigenvalue weighted by atomic mass is 10.4. The molecule has 25 heavy (non-hydrogen) atoms. The molecule has 1 aromatic carbocycles. The van der Waals surface area contributed by atoms with Gasteiger partial charge in [-0.1, -0.05) is 34.6 Å². The molecule has 2 heterocycles. The van der Waals surface area contributed by atoms with E-state index in [0.717, 1.165) is 22.0 Å². The Balaban J connectivity index is 1.52. The van der Waals surface area contributed by atoms with Gasteiger partial charge in [-0.2, -0.15) is 0 Å². The molecule has 0 aliphatic rings. The second-order valence-corrected chi connectivity index (χ2v) is 6.99. The number of rotatable bonds is 7. The predicted octanol–water partition coefficient (Wildman–Crippen LogP) is 3.63. The van der Waals surface area contributed by atoms with Crippen molar-refractivity contribution >= 4 is 40.0 Å². The van der Waals surface area contributed by atoms with Crippen molar-refractivity contribution in [3.8, 4) is 0 Å². The number of nitrogens with one attached hydrogen (secondary N) is 1. The van der Waals surface area contributed by atoms with E-state index in [2.05, 4.69) is 15.5 Å². The first kappa shape index (κ1) is 17.1. The smallest absolute Gasteiger partial charge is 0.324 e. The predicted molar refractivity (Wildman–Crippen MR) is 94.1 cm³/mol. The van der Waals surface area contributed by atoms with Crippen LogP contribution in [-0.4, -0.2) is 26.8 Å². The lowest BCUT2D eigenvalue weighted by Gasteiger charge is -1.98. The number of nitrogens with zero attached hydrogens (tertiary/aromatic N) is 3. The van der Waals surface area contributed by atoms with Crippen molar-refractivity contribution in [2.45, 2.75) is 11.3 Å². The van der Waals surface area contributed by atoms with E-state index < -0.39 is 10.8 Å². The van der Waals surface area contributed by atoms with Gasteiger partial charge in [0.15, 0.2) is 0 Å². The molecule has 0 unspecified atom stereocenters. The summed E-state index contributed by atoms with van der Waals surface area (Å²) in [5, 5.41) is 20.6. The molecule has 10 heteroatoms.